The van der Waals surface area contributed by atoms with E-state index in [0.717, 1.165) is 5.69 Å². The summed E-state index contributed by atoms with van der Waals surface area (Å²) in [5.41, 5.74) is 1.80. The zero-order valence-corrected chi connectivity index (χ0v) is 20.7. The van der Waals surface area contributed by atoms with E-state index in [1.165, 1.54) is 23.0 Å². The van der Waals surface area contributed by atoms with Crippen LogP contribution in [0.15, 0.2) is 54.7 Å². The summed E-state index contributed by atoms with van der Waals surface area (Å²) >= 11 is 0. The largest absolute Gasteiger partial charge is 0.508 e. The molecule has 0 aliphatic carbocycles. The summed E-state index contributed by atoms with van der Waals surface area (Å²) in [7, 11) is 0. The van der Waals surface area contributed by atoms with Crippen molar-refractivity contribution in [3.63, 3.8) is 0 Å². The zero-order valence-electron chi connectivity index (χ0n) is 20.7. The Labute approximate surface area is 218 Å². The molecule has 11 nitrogen and oxygen atoms in total. The van der Waals surface area contributed by atoms with Crippen molar-refractivity contribution in [1.82, 2.24) is 19.9 Å². The second-order valence-corrected chi connectivity index (χ2v) is 9.76. The number of hydrogen-bond donors (Lipinski definition) is 5. The van der Waals surface area contributed by atoms with E-state index in [1.54, 1.807) is 24.3 Å². The fraction of sp³-hybridized carbons (Fsp3) is 0.462. The molecule has 1 aromatic heterocycles. The molecule has 2 aliphatic rings. The van der Waals surface area contributed by atoms with Crippen molar-refractivity contribution in [2.75, 3.05) is 44.3 Å². The van der Waals surface area contributed by atoms with Gasteiger partial charge in [-0.3, -0.25) is 4.90 Å². The second kappa shape index (κ2) is 11.3. The van der Waals surface area contributed by atoms with Gasteiger partial charge < -0.3 is 35.2 Å². The SMILES string of the molecule is OCC1CN(c2ccc(O)cc2)CCN1C[C@@H]1O[C@H](CO)[C@H](O)[C@H](n2cc(-c3cccc(F)c3)nn2)[C@H]1O. The molecule has 3 aromatic rings. The molecular formula is C26H32FN5O6. The molecule has 5 rings (SSSR count). The molecule has 6 atom stereocenters. The number of aliphatic hydroxyl groups excluding tert-OH is 4. The number of benzene rings is 2. The normalized spacial score (nSPS) is 28.5. The van der Waals surface area contributed by atoms with Gasteiger partial charge in [0.2, 0.25) is 0 Å². The van der Waals surface area contributed by atoms with Crippen molar-refractivity contribution < 1.29 is 34.7 Å². The Morgan fingerprint density at radius 1 is 0.974 bits per heavy atom. The van der Waals surface area contributed by atoms with Crippen molar-refractivity contribution in [3.8, 4) is 17.0 Å². The fourth-order valence-corrected chi connectivity index (χ4v) is 5.28. The number of piperazine rings is 1. The van der Waals surface area contributed by atoms with E-state index in [1.807, 2.05) is 17.0 Å². The molecule has 0 radical (unpaired) electrons. The van der Waals surface area contributed by atoms with Crippen molar-refractivity contribution in [2.24, 2.45) is 0 Å². The number of nitrogens with zero attached hydrogens (tertiary/aromatic N) is 5. The van der Waals surface area contributed by atoms with E-state index >= 15 is 0 Å². The van der Waals surface area contributed by atoms with Crippen molar-refractivity contribution in [3.05, 3.63) is 60.5 Å². The molecule has 0 bridgehead atoms. The second-order valence-electron chi connectivity index (χ2n) is 9.76. The molecule has 0 spiro atoms. The third-order valence-corrected chi connectivity index (χ3v) is 7.37. The number of aromatic hydroxyl groups is 1. The monoisotopic (exact) mass is 529 g/mol. The lowest BCUT2D eigenvalue weighted by atomic mass is 9.92. The number of anilines is 1. The maximum atomic E-state index is 13.7. The van der Waals surface area contributed by atoms with Gasteiger partial charge in [0.25, 0.3) is 0 Å². The minimum absolute atomic E-state index is 0.118. The van der Waals surface area contributed by atoms with Crippen LogP contribution in [0.25, 0.3) is 11.3 Å². The van der Waals surface area contributed by atoms with Crippen LogP contribution in [0.3, 0.4) is 0 Å². The van der Waals surface area contributed by atoms with Gasteiger partial charge in [0.1, 0.15) is 41.6 Å². The number of aliphatic hydroxyl groups is 4. The lowest BCUT2D eigenvalue weighted by Crippen LogP contribution is -2.62. The summed E-state index contributed by atoms with van der Waals surface area (Å²) < 4.78 is 20.9. The first-order valence-electron chi connectivity index (χ1n) is 12.6. The number of phenolic OH excluding ortho intramolecular Hbond substituents is 1. The first-order chi connectivity index (χ1) is 18.4. The smallest absolute Gasteiger partial charge is 0.123 e. The Morgan fingerprint density at radius 3 is 2.45 bits per heavy atom. The first-order valence-corrected chi connectivity index (χ1v) is 12.6. The van der Waals surface area contributed by atoms with Crippen LogP contribution in [0.2, 0.25) is 0 Å². The zero-order chi connectivity index (χ0) is 26.8. The maximum absolute atomic E-state index is 13.7. The van der Waals surface area contributed by atoms with E-state index in [-0.39, 0.29) is 24.9 Å². The summed E-state index contributed by atoms with van der Waals surface area (Å²) in [6, 6.07) is 11.5. The van der Waals surface area contributed by atoms with Gasteiger partial charge in [-0.05, 0) is 36.4 Å². The minimum Gasteiger partial charge on any atom is -0.508 e. The molecular weight excluding hydrogens is 497 g/mol. The topological polar surface area (TPSA) is 148 Å². The summed E-state index contributed by atoms with van der Waals surface area (Å²) in [5.74, 6) is -0.243. The van der Waals surface area contributed by atoms with Crippen molar-refractivity contribution >= 4 is 5.69 Å². The van der Waals surface area contributed by atoms with Crippen LogP contribution >= 0.6 is 0 Å². The van der Waals surface area contributed by atoms with Crippen LogP contribution in [-0.4, -0.2) is 115 Å². The van der Waals surface area contributed by atoms with E-state index in [2.05, 4.69) is 15.2 Å². The lowest BCUT2D eigenvalue weighted by molar-refractivity contribution is -0.211. The Balaban J connectivity index is 1.32. The molecule has 2 saturated heterocycles. The van der Waals surface area contributed by atoms with E-state index < -0.39 is 42.9 Å². The highest BCUT2D eigenvalue weighted by atomic mass is 19.1. The average molecular weight is 530 g/mol. The lowest BCUT2D eigenvalue weighted by Gasteiger charge is -2.47. The molecule has 204 valence electrons. The minimum atomic E-state index is -1.27. The van der Waals surface area contributed by atoms with Gasteiger partial charge >= 0.3 is 0 Å². The quantitative estimate of drug-likeness (QED) is 0.283. The van der Waals surface area contributed by atoms with Crippen molar-refractivity contribution in [1.29, 1.82) is 0 Å². The summed E-state index contributed by atoms with van der Waals surface area (Å²) in [5, 5.41) is 60.0. The molecule has 5 N–H and O–H groups in total. The van der Waals surface area contributed by atoms with Gasteiger partial charge in [0, 0.05) is 37.4 Å². The van der Waals surface area contributed by atoms with Crippen LogP contribution in [-0.2, 0) is 4.74 Å². The Hall–Kier alpha value is -3.13. The Kier molecular flexibility index (Phi) is 7.88. The van der Waals surface area contributed by atoms with Crippen LogP contribution in [0.4, 0.5) is 10.1 Å². The fourth-order valence-electron chi connectivity index (χ4n) is 5.28. The molecule has 12 heteroatoms. The highest BCUT2D eigenvalue weighted by Gasteiger charge is 2.47. The number of phenols is 1. The number of ether oxygens (including phenoxy) is 1. The molecule has 3 heterocycles. The molecule has 0 amide bonds. The molecule has 2 aliphatic heterocycles. The molecule has 1 unspecified atom stereocenters. The molecule has 38 heavy (non-hydrogen) atoms. The van der Waals surface area contributed by atoms with Crippen LogP contribution in [0, 0.1) is 5.82 Å². The third-order valence-electron chi connectivity index (χ3n) is 7.37. The number of hydrogen-bond acceptors (Lipinski definition) is 10. The van der Waals surface area contributed by atoms with Gasteiger partial charge in [0.05, 0.1) is 31.6 Å². The van der Waals surface area contributed by atoms with Gasteiger partial charge in [-0.2, -0.15) is 0 Å². The van der Waals surface area contributed by atoms with Crippen LogP contribution in [0.1, 0.15) is 6.04 Å². The average Bonchev–Trinajstić information content (AvgIpc) is 3.41. The van der Waals surface area contributed by atoms with Gasteiger partial charge in [0.15, 0.2) is 0 Å². The molecule has 2 fully saturated rings. The van der Waals surface area contributed by atoms with Crippen LogP contribution < -0.4 is 4.90 Å². The Morgan fingerprint density at radius 2 is 1.74 bits per heavy atom. The van der Waals surface area contributed by atoms with E-state index in [0.29, 0.717) is 30.9 Å². The van der Waals surface area contributed by atoms with E-state index in [9.17, 15) is 29.9 Å². The molecule has 0 saturated carbocycles. The van der Waals surface area contributed by atoms with Crippen LogP contribution in [0.5, 0.6) is 5.75 Å². The Bertz CT molecular complexity index is 1210. The number of aromatic nitrogens is 3. The summed E-state index contributed by atoms with van der Waals surface area (Å²) in [6.07, 6.45) is -2.72. The summed E-state index contributed by atoms with van der Waals surface area (Å²) in [4.78, 5) is 4.13. The number of rotatable bonds is 7. The maximum Gasteiger partial charge on any atom is 0.123 e. The van der Waals surface area contributed by atoms with Crippen molar-refractivity contribution in [2.45, 2.75) is 36.5 Å². The predicted octanol–water partition coefficient (Wildman–Crippen LogP) is -0.00450. The number of halogens is 1. The standard InChI is InChI=1S/C26H32FN5O6/c27-17-3-1-2-16(10-17)21-12-32(29-28-21)24-25(36)22(38-23(15-34)26(24)37)13-31-9-8-30(11-19(31)14-33)18-4-6-20(35)7-5-18/h1-7,10,12,19,22-26,33-37H,8-9,11,13-15H2/t19?,22-,23+,24+,25-,26-/m0/s1. The summed E-state index contributed by atoms with van der Waals surface area (Å²) in [6.45, 7) is 1.42. The highest BCUT2D eigenvalue weighted by Crippen LogP contribution is 2.32. The highest BCUT2D eigenvalue weighted by molar-refractivity contribution is 5.57. The van der Waals surface area contributed by atoms with Gasteiger partial charge in [-0.1, -0.05) is 17.3 Å². The first kappa shape index (κ1) is 26.5. The van der Waals surface area contributed by atoms with Gasteiger partial charge in [-0.25, -0.2) is 9.07 Å². The third kappa shape index (κ3) is 5.37. The van der Waals surface area contributed by atoms with Gasteiger partial charge in [-0.15, -0.1) is 5.10 Å². The molecule has 2 aromatic carbocycles. The predicted molar refractivity (Wildman–Crippen MR) is 135 cm³/mol. The van der Waals surface area contributed by atoms with E-state index in [4.69, 9.17) is 4.74 Å².